The Kier molecular flexibility index (Phi) is 5.83. The molecule has 0 saturated carbocycles. The summed E-state index contributed by atoms with van der Waals surface area (Å²) in [5.41, 5.74) is 1.89. The van der Waals surface area contributed by atoms with Crippen molar-refractivity contribution in [2.24, 2.45) is 0 Å². The standard InChI is InChI=1S/C19H17ClN4O2S/c1-12-9-16(23-18(25)14-5-3-4-6-15(14)20)27-17(12)19(26)24(2)11-13-10-21-7-8-22-13/h3-10H,11H2,1-2H3,(H,23,25). The van der Waals surface area contributed by atoms with Crippen LogP contribution in [0.4, 0.5) is 5.00 Å². The molecule has 0 spiro atoms. The van der Waals surface area contributed by atoms with E-state index in [1.165, 1.54) is 11.3 Å². The van der Waals surface area contributed by atoms with Crippen LogP contribution < -0.4 is 5.32 Å². The largest absolute Gasteiger partial charge is 0.335 e. The first-order valence-electron chi connectivity index (χ1n) is 8.12. The van der Waals surface area contributed by atoms with E-state index >= 15 is 0 Å². The van der Waals surface area contributed by atoms with Gasteiger partial charge in [0.15, 0.2) is 0 Å². The lowest BCUT2D eigenvalue weighted by Gasteiger charge is -2.15. The average Bonchev–Trinajstić information content (AvgIpc) is 3.02. The summed E-state index contributed by atoms with van der Waals surface area (Å²) >= 11 is 7.29. The molecular weight excluding hydrogens is 384 g/mol. The lowest BCUT2D eigenvalue weighted by atomic mass is 10.2. The fourth-order valence-electron chi connectivity index (χ4n) is 2.48. The highest BCUT2D eigenvalue weighted by Crippen LogP contribution is 2.29. The molecule has 0 atom stereocenters. The van der Waals surface area contributed by atoms with Gasteiger partial charge in [-0.1, -0.05) is 23.7 Å². The molecule has 2 amide bonds. The molecule has 0 aliphatic carbocycles. The van der Waals surface area contributed by atoms with Crippen molar-refractivity contribution in [1.82, 2.24) is 14.9 Å². The predicted octanol–water partition coefficient (Wildman–Crippen LogP) is 4.02. The molecular formula is C19H17ClN4O2S. The molecule has 0 aliphatic rings. The van der Waals surface area contributed by atoms with E-state index in [0.29, 0.717) is 32.7 Å². The Balaban J connectivity index is 1.73. The van der Waals surface area contributed by atoms with E-state index in [1.807, 2.05) is 6.92 Å². The van der Waals surface area contributed by atoms with E-state index in [1.54, 1.807) is 60.9 Å². The van der Waals surface area contributed by atoms with E-state index < -0.39 is 0 Å². The Morgan fingerprint density at radius 2 is 2.04 bits per heavy atom. The molecule has 1 N–H and O–H groups in total. The van der Waals surface area contributed by atoms with Gasteiger partial charge in [-0.15, -0.1) is 11.3 Å². The second-order valence-electron chi connectivity index (χ2n) is 5.91. The molecule has 138 valence electrons. The van der Waals surface area contributed by atoms with Crippen molar-refractivity contribution >= 4 is 39.8 Å². The van der Waals surface area contributed by atoms with E-state index in [9.17, 15) is 9.59 Å². The van der Waals surface area contributed by atoms with Gasteiger partial charge in [0.05, 0.1) is 38.9 Å². The van der Waals surface area contributed by atoms with Gasteiger partial charge in [-0.2, -0.15) is 0 Å². The molecule has 0 aliphatic heterocycles. The molecule has 2 heterocycles. The number of amides is 2. The number of hydrogen-bond acceptors (Lipinski definition) is 5. The third kappa shape index (κ3) is 4.50. The Morgan fingerprint density at radius 3 is 2.74 bits per heavy atom. The van der Waals surface area contributed by atoms with Gasteiger partial charge in [0.1, 0.15) is 0 Å². The normalized spacial score (nSPS) is 10.5. The fourth-order valence-corrected chi connectivity index (χ4v) is 3.76. The van der Waals surface area contributed by atoms with E-state index in [2.05, 4.69) is 15.3 Å². The quantitative estimate of drug-likeness (QED) is 0.701. The maximum atomic E-state index is 12.7. The third-order valence-electron chi connectivity index (χ3n) is 3.83. The number of nitrogens with one attached hydrogen (secondary N) is 1. The lowest BCUT2D eigenvalue weighted by Crippen LogP contribution is -2.26. The molecule has 3 rings (SSSR count). The molecule has 0 unspecified atom stereocenters. The maximum absolute atomic E-state index is 12.7. The van der Waals surface area contributed by atoms with Crippen molar-refractivity contribution in [2.75, 3.05) is 12.4 Å². The molecule has 3 aromatic rings. The summed E-state index contributed by atoms with van der Waals surface area (Å²) in [6, 6.07) is 8.60. The topological polar surface area (TPSA) is 75.2 Å². The number of rotatable bonds is 5. The minimum Gasteiger partial charge on any atom is -0.335 e. The van der Waals surface area contributed by atoms with Crippen LogP contribution in [0.25, 0.3) is 0 Å². The van der Waals surface area contributed by atoms with Gasteiger partial charge in [0.2, 0.25) is 0 Å². The van der Waals surface area contributed by atoms with E-state index in [0.717, 1.165) is 5.56 Å². The van der Waals surface area contributed by atoms with Crippen molar-refractivity contribution in [3.05, 3.63) is 75.6 Å². The smallest absolute Gasteiger partial charge is 0.264 e. The number of hydrogen-bond donors (Lipinski definition) is 1. The van der Waals surface area contributed by atoms with Crippen LogP contribution >= 0.6 is 22.9 Å². The van der Waals surface area contributed by atoms with Crippen LogP contribution in [0, 0.1) is 6.92 Å². The van der Waals surface area contributed by atoms with Crippen molar-refractivity contribution in [3.63, 3.8) is 0 Å². The summed E-state index contributed by atoms with van der Waals surface area (Å²) in [6.07, 6.45) is 4.80. The highest BCUT2D eigenvalue weighted by Gasteiger charge is 2.20. The highest BCUT2D eigenvalue weighted by molar-refractivity contribution is 7.18. The summed E-state index contributed by atoms with van der Waals surface area (Å²) < 4.78 is 0. The zero-order valence-corrected chi connectivity index (χ0v) is 16.3. The number of thiophene rings is 1. The Labute approximate surface area is 165 Å². The first kappa shape index (κ1) is 19.0. The Bertz CT molecular complexity index is 975. The van der Waals surface area contributed by atoms with E-state index in [-0.39, 0.29) is 11.8 Å². The first-order chi connectivity index (χ1) is 13.0. The minimum atomic E-state index is -0.311. The molecule has 0 saturated heterocycles. The van der Waals surface area contributed by atoms with Crippen molar-refractivity contribution in [3.8, 4) is 0 Å². The molecule has 0 radical (unpaired) electrons. The molecule has 8 heteroatoms. The fraction of sp³-hybridized carbons (Fsp3) is 0.158. The number of nitrogens with zero attached hydrogens (tertiary/aromatic N) is 3. The van der Waals surface area contributed by atoms with Crippen molar-refractivity contribution in [2.45, 2.75) is 13.5 Å². The second-order valence-corrected chi connectivity index (χ2v) is 7.37. The van der Waals surface area contributed by atoms with Gasteiger partial charge in [-0.25, -0.2) is 0 Å². The Morgan fingerprint density at radius 1 is 1.26 bits per heavy atom. The van der Waals surface area contributed by atoms with Crippen LogP contribution in [0.1, 0.15) is 31.3 Å². The van der Waals surface area contributed by atoms with Gasteiger partial charge in [0, 0.05) is 19.4 Å². The van der Waals surface area contributed by atoms with Gasteiger partial charge in [-0.05, 0) is 30.7 Å². The van der Waals surface area contributed by atoms with Crippen LogP contribution in [0.15, 0.2) is 48.9 Å². The number of anilines is 1. The second kappa shape index (κ2) is 8.28. The summed E-state index contributed by atoms with van der Waals surface area (Å²) in [7, 11) is 1.71. The summed E-state index contributed by atoms with van der Waals surface area (Å²) in [6.45, 7) is 2.19. The summed E-state index contributed by atoms with van der Waals surface area (Å²) in [5.74, 6) is -0.449. The number of carbonyl (C=O) groups excluding carboxylic acids is 2. The molecule has 1 aromatic carbocycles. The average molecular weight is 401 g/mol. The molecule has 6 nitrogen and oxygen atoms in total. The number of aromatic nitrogens is 2. The SMILES string of the molecule is Cc1cc(NC(=O)c2ccccc2Cl)sc1C(=O)N(C)Cc1cnccn1. The minimum absolute atomic E-state index is 0.138. The monoisotopic (exact) mass is 400 g/mol. The van der Waals surface area contributed by atoms with Crippen LogP contribution in [0.2, 0.25) is 5.02 Å². The zero-order valence-electron chi connectivity index (χ0n) is 14.8. The third-order valence-corrected chi connectivity index (χ3v) is 5.30. The Hall–Kier alpha value is -2.77. The maximum Gasteiger partial charge on any atom is 0.264 e. The number of carbonyl (C=O) groups is 2. The number of aryl methyl sites for hydroxylation is 1. The van der Waals surface area contributed by atoms with Crippen LogP contribution in [0.5, 0.6) is 0 Å². The van der Waals surface area contributed by atoms with E-state index in [4.69, 9.17) is 11.6 Å². The van der Waals surface area contributed by atoms with Gasteiger partial charge in [-0.3, -0.25) is 19.6 Å². The van der Waals surface area contributed by atoms with Gasteiger partial charge < -0.3 is 10.2 Å². The number of halogens is 1. The molecule has 0 bridgehead atoms. The van der Waals surface area contributed by atoms with Crippen molar-refractivity contribution < 1.29 is 9.59 Å². The molecule has 0 fully saturated rings. The van der Waals surface area contributed by atoms with Crippen LogP contribution in [-0.4, -0.2) is 33.7 Å². The zero-order chi connectivity index (χ0) is 19.4. The van der Waals surface area contributed by atoms with Gasteiger partial charge in [0.25, 0.3) is 11.8 Å². The highest BCUT2D eigenvalue weighted by atomic mass is 35.5. The molecule has 2 aromatic heterocycles. The van der Waals surface area contributed by atoms with Crippen LogP contribution in [-0.2, 0) is 6.54 Å². The first-order valence-corrected chi connectivity index (χ1v) is 9.32. The number of benzene rings is 1. The van der Waals surface area contributed by atoms with Gasteiger partial charge >= 0.3 is 0 Å². The van der Waals surface area contributed by atoms with Crippen molar-refractivity contribution in [1.29, 1.82) is 0 Å². The lowest BCUT2D eigenvalue weighted by molar-refractivity contribution is 0.0787. The van der Waals surface area contributed by atoms with Crippen LogP contribution in [0.3, 0.4) is 0 Å². The summed E-state index contributed by atoms with van der Waals surface area (Å²) in [5, 5.41) is 3.78. The molecule has 27 heavy (non-hydrogen) atoms. The summed E-state index contributed by atoms with van der Waals surface area (Å²) in [4.78, 5) is 35.5. The predicted molar refractivity (Wildman–Crippen MR) is 106 cm³/mol.